The Morgan fingerprint density at radius 2 is 1.14 bits per heavy atom. The molecular formula is C18H22OSe2. The second kappa shape index (κ2) is 8.17. The van der Waals surface area contributed by atoms with Crippen LogP contribution in [-0.2, 0) is 4.74 Å². The predicted molar refractivity (Wildman–Crippen MR) is 93.4 cm³/mol. The van der Waals surface area contributed by atoms with Crippen LogP contribution in [0.4, 0.5) is 0 Å². The van der Waals surface area contributed by atoms with Crippen LogP contribution < -0.4 is 8.92 Å². The molecule has 1 nitrogen and oxygen atoms in total. The summed E-state index contributed by atoms with van der Waals surface area (Å²) in [4.78, 5) is 0. The van der Waals surface area contributed by atoms with Gasteiger partial charge in [-0.05, 0) is 0 Å². The number of benzene rings is 2. The van der Waals surface area contributed by atoms with Crippen molar-refractivity contribution in [2.45, 2.75) is 27.7 Å². The Morgan fingerprint density at radius 3 is 1.57 bits per heavy atom. The minimum absolute atomic E-state index is 0.424. The molecular weight excluding hydrogens is 390 g/mol. The van der Waals surface area contributed by atoms with Gasteiger partial charge in [0.05, 0.1) is 0 Å². The van der Waals surface area contributed by atoms with E-state index in [9.17, 15) is 0 Å². The average Bonchev–Trinajstić information content (AvgIpc) is 2.45. The molecule has 0 N–H and O–H groups in total. The van der Waals surface area contributed by atoms with Gasteiger partial charge < -0.3 is 0 Å². The second-order valence-corrected chi connectivity index (χ2v) is 9.31. The molecule has 0 atom stereocenters. The van der Waals surface area contributed by atoms with Crippen LogP contribution in [0.1, 0.15) is 22.3 Å². The van der Waals surface area contributed by atoms with E-state index in [1.54, 1.807) is 0 Å². The molecule has 0 bridgehead atoms. The summed E-state index contributed by atoms with van der Waals surface area (Å²) in [6.07, 6.45) is 0. The Balaban J connectivity index is 1.77. The molecule has 0 saturated carbocycles. The summed E-state index contributed by atoms with van der Waals surface area (Å²) in [6.45, 7) is 8.69. The summed E-state index contributed by atoms with van der Waals surface area (Å²) in [5.74, 6) is 0. The van der Waals surface area contributed by atoms with Crippen molar-refractivity contribution in [2.24, 2.45) is 0 Å². The van der Waals surface area contributed by atoms with E-state index in [1.807, 2.05) is 0 Å². The fraction of sp³-hybridized carbons (Fsp3) is 0.333. The molecule has 0 radical (unpaired) electrons. The third-order valence-electron chi connectivity index (χ3n) is 3.28. The SMILES string of the molecule is Cc1ccc(C)c([Se]COC[Se]c2cc(C)ccc2C)c1. The van der Waals surface area contributed by atoms with Crippen molar-refractivity contribution in [3.05, 3.63) is 58.7 Å². The molecule has 0 unspecified atom stereocenters. The van der Waals surface area contributed by atoms with Crippen molar-refractivity contribution < 1.29 is 4.74 Å². The fourth-order valence-corrected chi connectivity index (χ4v) is 6.11. The van der Waals surface area contributed by atoms with Crippen LogP contribution in [0.5, 0.6) is 0 Å². The van der Waals surface area contributed by atoms with E-state index in [1.165, 1.54) is 31.2 Å². The number of hydrogen-bond acceptors (Lipinski definition) is 1. The summed E-state index contributed by atoms with van der Waals surface area (Å²) in [6, 6.07) is 13.4. The number of aryl methyl sites for hydroxylation is 4. The number of hydrogen-bond donors (Lipinski definition) is 0. The van der Waals surface area contributed by atoms with E-state index in [-0.39, 0.29) is 0 Å². The first-order valence-electron chi connectivity index (χ1n) is 7.04. The molecule has 0 heterocycles. The van der Waals surface area contributed by atoms with Gasteiger partial charge in [0.25, 0.3) is 0 Å². The monoisotopic (exact) mass is 414 g/mol. The summed E-state index contributed by atoms with van der Waals surface area (Å²) >= 11 is 0.849. The molecule has 3 heteroatoms. The summed E-state index contributed by atoms with van der Waals surface area (Å²) in [5.41, 5.74) is 7.23. The van der Waals surface area contributed by atoms with Crippen LogP contribution in [0.15, 0.2) is 36.4 Å². The van der Waals surface area contributed by atoms with Gasteiger partial charge in [0.2, 0.25) is 0 Å². The normalized spacial score (nSPS) is 10.9. The Bertz CT molecular complexity index is 555. The average molecular weight is 412 g/mol. The molecule has 0 spiro atoms. The molecule has 0 saturated heterocycles. The van der Waals surface area contributed by atoms with Gasteiger partial charge in [0, 0.05) is 0 Å². The van der Waals surface area contributed by atoms with E-state index in [0.717, 1.165) is 11.0 Å². The zero-order chi connectivity index (χ0) is 15.2. The maximum absolute atomic E-state index is 5.89. The van der Waals surface area contributed by atoms with Gasteiger partial charge in [0.1, 0.15) is 0 Å². The third-order valence-corrected chi connectivity index (χ3v) is 7.63. The van der Waals surface area contributed by atoms with Gasteiger partial charge in [-0.3, -0.25) is 0 Å². The Hall–Kier alpha value is -0.561. The fourth-order valence-electron chi connectivity index (χ4n) is 1.97. The molecule has 112 valence electrons. The summed E-state index contributed by atoms with van der Waals surface area (Å²) in [7, 11) is 0. The molecule has 0 aliphatic carbocycles. The molecule has 0 aromatic heterocycles. The summed E-state index contributed by atoms with van der Waals surface area (Å²) in [5, 5.41) is 0. The Morgan fingerprint density at radius 1 is 0.714 bits per heavy atom. The molecule has 2 aromatic carbocycles. The van der Waals surface area contributed by atoms with Crippen LogP contribution in [0.2, 0.25) is 0 Å². The number of rotatable bonds is 6. The first-order chi connectivity index (χ1) is 10.1. The topological polar surface area (TPSA) is 9.23 Å². The van der Waals surface area contributed by atoms with E-state index in [4.69, 9.17) is 4.74 Å². The van der Waals surface area contributed by atoms with Crippen molar-refractivity contribution in [1.82, 2.24) is 0 Å². The maximum atomic E-state index is 5.89. The Kier molecular flexibility index (Phi) is 6.54. The van der Waals surface area contributed by atoms with Crippen molar-refractivity contribution in [3.8, 4) is 0 Å². The zero-order valence-corrected chi connectivity index (χ0v) is 16.5. The van der Waals surface area contributed by atoms with E-state index >= 15 is 0 Å². The van der Waals surface area contributed by atoms with Crippen molar-refractivity contribution >= 4 is 38.8 Å². The molecule has 2 rings (SSSR count). The van der Waals surface area contributed by atoms with Crippen molar-refractivity contribution in [2.75, 3.05) is 11.0 Å². The van der Waals surface area contributed by atoms with Gasteiger partial charge in [-0.25, -0.2) is 0 Å². The molecule has 0 aliphatic heterocycles. The van der Waals surface area contributed by atoms with Gasteiger partial charge in [-0.15, -0.1) is 0 Å². The predicted octanol–water partition coefficient (Wildman–Crippen LogP) is 2.21. The molecule has 21 heavy (non-hydrogen) atoms. The van der Waals surface area contributed by atoms with Gasteiger partial charge in [-0.2, -0.15) is 0 Å². The van der Waals surface area contributed by atoms with Crippen LogP contribution >= 0.6 is 0 Å². The molecule has 0 aliphatic rings. The second-order valence-electron chi connectivity index (χ2n) is 5.27. The van der Waals surface area contributed by atoms with Crippen molar-refractivity contribution in [3.63, 3.8) is 0 Å². The van der Waals surface area contributed by atoms with E-state index in [2.05, 4.69) is 64.1 Å². The quantitative estimate of drug-likeness (QED) is 0.523. The number of ether oxygens (including phenoxy) is 1. The third kappa shape index (κ3) is 5.29. The van der Waals surface area contributed by atoms with Crippen LogP contribution in [-0.4, -0.2) is 40.9 Å². The first kappa shape index (κ1) is 16.8. The van der Waals surface area contributed by atoms with Gasteiger partial charge >= 0.3 is 141 Å². The van der Waals surface area contributed by atoms with Gasteiger partial charge in [-0.1, -0.05) is 0 Å². The summed E-state index contributed by atoms with van der Waals surface area (Å²) < 4.78 is 8.83. The van der Waals surface area contributed by atoms with Crippen molar-refractivity contribution in [1.29, 1.82) is 0 Å². The first-order valence-corrected chi connectivity index (χ1v) is 11.2. The van der Waals surface area contributed by atoms with Crippen LogP contribution in [0.25, 0.3) is 0 Å². The van der Waals surface area contributed by atoms with E-state index in [0.29, 0.717) is 29.9 Å². The van der Waals surface area contributed by atoms with E-state index < -0.39 is 0 Å². The van der Waals surface area contributed by atoms with Gasteiger partial charge in [0.15, 0.2) is 0 Å². The van der Waals surface area contributed by atoms with Crippen LogP contribution in [0, 0.1) is 27.7 Å². The van der Waals surface area contributed by atoms with Crippen LogP contribution in [0.3, 0.4) is 0 Å². The molecule has 2 aromatic rings. The standard InChI is InChI=1S/C18H22OSe2/c1-13-5-7-15(3)17(9-13)20-11-19-12-21-18-10-14(2)6-8-16(18)4/h5-10H,11-12H2,1-4H3. The molecule has 0 fully saturated rings. The Labute approximate surface area is 140 Å². The molecule has 0 amide bonds. The zero-order valence-electron chi connectivity index (χ0n) is 13.1. The minimum atomic E-state index is 0.424.